The second kappa shape index (κ2) is 4.37. The molecule has 0 heterocycles. The standard InChI is InChI=1S/C13H12F2N2O/c1-8-2-3-9(11(15)10(8)14)12(18)17-13(4-5-13)6-7-16/h2-3H,4-6H2,1H3,(H,17,18). The average Bonchev–Trinajstić information content (AvgIpc) is 3.06. The molecule has 1 aromatic carbocycles. The highest BCUT2D eigenvalue weighted by molar-refractivity contribution is 5.95. The van der Waals surface area contributed by atoms with Crippen LogP contribution in [-0.4, -0.2) is 11.4 Å². The summed E-state index contributed by atoms with van der Waals surface area (Å²) in [5, 5.41) is 11.2. The Morgan fingerprint density at radius 3 is 2.67 bits per heavy atom. The molecule has 1 N–H and O–H groups in total. The number of carbonyl (C=O) groups is 1. The normalized spacial score (nSPS) is 15.9. The van der Waals surface area contributed by atoms with E-state index in [4.69, 9.17) is 5.26 Å². The van der Waals surface area contributed by atoms with Gasteiger partial charge in [-0.25, -0.2) is 8.78 Å². The lowest BCUT2D eigenvalue weighted by molar-refractivity contribution is 0.0927. The first kappa shape index (κ1) is 12.5. The summed E-state index contributed by atoms with van der Waals surface area (Å²) < 4.78 is 26.9. The number of benzene rings is 1. The summed E-state index contributed by atoms with van der Waals surface area (Å²) in [7, 11) is 0. The van der Waals surface area contributed by atoms with Gasteiger partial charge in [0.25, 0.3) is 5.91 Å². The minimum absolute atomic E-state index is 0.155. The maximum absolute atomic E-state index is 13.6. The van der Waals surface area contributed by atoms with Crippen LogP contribution in [0, 0.1) is 29.9 Å². The fourth-order valence-electron chi connectivity index (χ4n) is 1.78. The fraction of sp³-hybridized carbons (Fsp3) is 0.385. The molecule has 1 saturated carbocycles. The van der Waals surface area contributed by atoms with E-state index in [0.29, 0.717) is 12.8 Å². The number of amides is 1. The molecule has 2 rings (SSSR count). The minimum Gasteiger partial charge on any atom is -0.345 e. The SMILES string of the molecule is Cc1ccc(C(=O)NC2(CC#N)CC2)c(F)c1F. The summed E-state index contributed by atoms with van der Waals surface area (Å²) in [6, 6.07) is 4.59. The first-order chi connectivity index (χ1) is 8.49. The van der Waals surface area contributed by atoms with E-state index in [1.165, 1.54) is 19.1 Å². The Kier molecular flexibility index (Phi) is 3.04. The molecule has 0 saturated heterocycles. The zero-order valence-electron chi connectivity index (χ0n) is 9.89. The molecule has 1 fully saturated rings. The summed E-state index contributed by atoms with van der Waals surface area (Å²) in [5.41, 5.74) is -0.705. The zero-order valence-corrected chi connectivity index (χ0v) is 9.89. The van der Waals surface area contributed by atoms with Crippen molar-refractivity contribution in [2.45, 2.75) is 31.7 Å². The van der Waals surface area contributed by atoms with E-state index in [1.807, 2.05) is 6.07 Å². The average molecular weight is 250 g/mol. The van der Waals surface area contributed by atoms with Crippen LogP contribution in [0.5, 0.6) is 0 Å². The van der Waals surface area contributed by atoms with Crippen molar-refractivity contribution in [3.63, 3.8) is 0 Å². The number of aryl methyl sites for hydroxylation is 1. The predicted octanol–water partition coefficient (Wildman–Crippen LogP) is 2.45. The monoisotopic (exact) mass is 250 g/mol. The molecule has 1 amide bonds. The number of carbonyl (C=O) groups excluding carboxylic acids is 1. The number of halogens is 2. The van der Waals surface area contributed by atoms with Crippen molar-refractivity contribution in [3.8, 4) is 6.07 Å². The third-order valence-corrected chi connectivity index (χ3v) is 3.17. The van der Waals surface area contributed by atoms with E-state index in [0.717, 1.165) is 0 Å². The van der Waals surface area contributed by atoms with Gasteiger partial charge in [0.1, 0.15) is 0 Å². The molecule has 5 heteroatoms. The molecule has 0 unspecified atom stereocenters. The van der Waals surface area contributed by atoms with Gasteiger partial charge in [-0.1, -0.05) is 6.07 Å². The number of rotatable bonds is 3. The van der Waals surface area contributed by atoms with Crippen molar-refractivity contribution in [3.05, 3.63) is 34.9 Å². The van der Waals surface area contributed by atoms with E-state index in [2.05, 4.69) is 5.32 Å². The first-order valence-electron chi connectivity index (χ1n) is 5.63. The van der Waals surface area contributed by atoms with Crippen molar-refractivity contribution < 1.29 is 13.6 Å². The van der Waals surface area contributed by atoms with E-state index >= 15 is 0 Å². The quantitative estimate of drug-likeness (QED) is 0.895. The lowest BCUT2D eigenvalue weighted by atomic mass is 10.1. The van der Waals surface area contributed by atoms with Crippen LogP contribution in [-0.2, 0) is 0 Å². The summed E-state index contributed by atoms with van der Waals surface area (Å²) in [6.07, 6.45) is 1.58. The molecule has 1 aliphatic carbocycles. The van der Waals surface area contributed by atoms with E-state index in [1.54, 1.807) is 0 Å². The lowest BCUT2D eigenvalue weighted by Crippen LogP contribution is -2.37. The molecule has 94 valence electrons. The van der Waals surface area contributed by atoms with Gasteiger partial charge in [0.15, 0.2) is 11.6 Å². The van der Waals surface area contributed by atoms with Gasteiger partial charge in [0, 0.05) is 0 Å². The fourth-order valence-corrected chi connectivity index (χ4v) is 1.78. The summed E-state index contributed by atoms with van der Waals surface area (Å²) in [6.45, 7) is 1.43. The molecular weight excluding hydrogens is 238 g/mol. The van der Waals surface area contributed by atoms with Crippen LogP contribution < -0.4 is 5.32 Å². The Morgan fingerprint density at radius 1 is 1.44 bits per heavy atom. The van der Waals surface area contributed by atoms with Gasteiger partial charge >= 0.3 is 0 Å². The Labute approximate surface area is 103 Å². The van der Waals surface area contributed by atoms with Crippen LogP contribution in [0.4, 0.5) is 8.78 Å². The van der Waals surface area contributed by atoms with Crippen LogP contribution in [0.2, 0.25) is 0 Å². The Morgan fingerprint density at radius 2 is 2.11 bits per heavy atom. The number of nitrogens with zero attached hydrogens (tertiary/aromatic N) is 1. The summed E-state index contributed by atoms with van der Waals surface area (Å²) in [4.78, 5) is 11.8. The predicted molar refractivity (Wildman–Crippen MR) is 60.8 cm³/mol. The molecule has 1 aliphatic rings. The molecule has 0 spiro atoms. The topological polar surface area (TPSA) is 52.9 Å². The van der Waals surface area contributed by atoms with Crippen LogP contribution in [0.3, 0.4) is 0 Å². The maximum Gasteiger partial charge on any atom is 0.254 e. The number of nitriles is 1. The Hall–Kier alpha value is -1.96. The van der Waals surface area contributed by atoms with Crippen molar-refractivity contribution >= 4 is 5.91 Å². The molecular formula is C13H12F2N2O. The van der Waals surface area contributed by atoms with Gasteiger partial charge in [0.2, 0.25) is 0 Å². The smallest absolute Gasteiger partial charge is 0.254 e. The molecule has 18 heavy (non-hydrogen) atoms. The highest BCUT2D eigenvalue weighted by Crippen LogP contribution is 2.38. The zero-order chi connectivity index (χ0) is 13.3. The molecule has 1 aromatic rings. The third kappa shape index (κ3) is 2.19. The first-order valence-corrected chi connectivity index (χ1v) is 5.63. The number of hydrogen-bond acceptors (Lipinski definition) is 2. The third-order valence-electron chi connectivity index (χ3n) is 3.17. The van der Waals surface area contributed by atoms with Gasteiger partial charge in [-0.05, 0) is 31.4 Å². The minimum atomic E-state index is -1.14. The highest BCUT2D eigenvalue weighted by Gasteiger charge is 2.44. The van der Waals surface area contributed by atoms with Crippen molar-refractivity contribution in [1.82, 2.24) is 5.32 Å². The Balaban J connectivity index is 2.20. The van der Waals surface area contributed by atoms with Crippen molar-refractivity contribution in [2.24, 2.45) is 0 Å². The number of nitrogens with one attached hydrogen (secondary N) is 1. The Bertz CT molecular complexity index is 545. The van der Waals surface area contributed by atoms with Gasteiger partial charge in [-0.3, -0.25) is 4.79 Å². The molecule has 0 radical (unpaired) electrons. The highest BCUT2D eigenvalue weighted by atomic mass is 19.2. The summed E-state index contributed by atoms with van der Waals surface area (Å²) >= 11 is 0. The van der Waals surface area contributed by atoms with Crippen LogP contribution >= 0.6 is 0 Å². The van der Waals surface area contributed by atoms with E-state index in [9.17, 15) is 13.6 Å². The van der Waals surface area contributed by atoms with Gasteiger partial charge in [0.05, 0.1) is 23.6 Å². The van der Waals surface area contributed by atoms with Crippen LogP contribution in [0.1, 0.15) is 35.2 Å². The van der Waals surface area contributed by atoms with Crippen LogP contribution in [0.25, 0.3) is 0 Å². The molecule has 0 atom stereocenters. The molecule has 3 nitrogen and oxygen atoms in total. The van der Waals surface area contributed by atoms with E-state index in [-0.39, 0.29) is 17.5 Å². The molecule has 0 bridgehead atoms. The second-order valence-corrected chi connectivity index (χ2v) is 4.63. The lowest BCUT2D eigenvalue weighted by Gasteiger charge is -2.14. The van der Waals surface area contributed by atoms with Gasteiger partial charge in [-0.2, -0.15) is 5.26 Å². The van der Waals surface area contributed by atoms with Gasteiger partial charge in [-0.15, -0.1) is 0 Å². The molecule has 0 aliphatic heterocycles. The van der Waals surface area contributed by atoms with E-state index < -0.39 is 23.1 Å². The molecule has 0 aromatic heterocycles. The number of hydrogen-bond donors (Lipinski definition) is 1. The maximum atomic E-state index is 13.6. The van der Waals surface area contributed by atoms with Crippen molar-refractivity contribution in [1.29, 1.82) is 5.26 Å². The largest absolute Gasteiger partial charge is 0.345 e. The van der Waals surface area contributed by atoms with Gasteiger partial charge < -0.3 is 5.32 Å². The van der Waals surface area contributed by atoms with Crippen LogP contribution in [0.15, 0.2) is 12.1 Å². The van der Waals surface area contributed by atoms with Crippen molar-refractivity contribution in [2.75, 3.05) is 0 Å². The second-order valence-electron chi connectivity index (χ2n) is 4.63. The summed E-state index contributed by atoms with van der Waals surface area (Å²) in [5.74, 6) is -2.81.